The fourth-order valence-electron chi connectivity index (χ4n) is 5.89. The van der Waals surface area contributed by atoms with Crippen LogP contribution < -0.4 is 4.90 Å². The van der Waals surface area contributed by atoms with E-state index in [0.717, 1.165) is 17.7 Å². The second-order valence-electron chi connectivity index (χ2n) is 10.3. The second kappa shape index (κ2) is 10.5. The summed E-state index contributed by atoms with van der Waals surface area (Å²) in [6, 6.07) is 19.8. The van der Waals surface area contributed by atoms with Gasteiger partial charge in [-0.1, -0.05) is 48.0 Å². The van der Waals surface area contributed by atoms with Gasteiger partial charge >= 0.3 is 18.0 Å². The van der Waals surface area contributed by atoms with Gasteiger partial charge in [0.25, 0.3) is 0 Å². The highest BCUT2D eigenvalue weighted by Crippen LogP contribution is 2.40. The van der Waals surface area contributed by atoms with Crippen LogP contribution in [0.1, 0.15) is 30.6 Å². The molecule has 39 heavy (non-hydrogen) atoms. The third-order valence-corrected chi connectivity index (χ3v) is 9.00. The number of benzene rings is 2. The summed E-state index contributed by atoms with van der Waals surface area (Å²) in [6.45, 7) is 0.616. The van der Waals surface area contributed by atoms with Gasteiger partial charge < -0.3 is 19.8 Å². The molecule has 1 aliphatic carbocycles. The van der Waals surface area contributed by atoms with Crippen molar-refractivity contribution in [2.24, 2.45) is 0 Å². The smallest absolute Gasteiger partial charge is 0.329 e. The molecule has 202 valence electrons. The topological polar surface area (TPSA) is 84.4 Å². The van der Waals surface area contributed by atoms with Crippen LogP contribution in [0.15, 0.2) is 72.8 Å². The lowest BCUT2D eigenvalue weighted by atomic mass is 10.0. The first kappa shape index (κ1) is 25.7. The van der Waals surface area contributed by atoms with Crippen molar-refractivity contribution >= 4 is 52.3 Å². The van der Waals surface area contributed by atoms with E-state index in [-0.39, 0.29) is 24.7 Å². The lowest BCUT2D eigenvalue weighted by molar-refractivity contribution is -0.145. The number of hydrogen-bond donors (Lipinski definition) is 1. The highest BCUT2D eigenvalue weighted by molar-refractivity contribution is 7.16. The van der Waals surface area contributed by atoms with Gasteiger partial charge in [0.05, 0.1) is 34.3 Å². The molecule has 2 aromatic carbocycles. The zero-order chi connectivity index (χ0) is 27.1. The van der Waals surface area contributed by atoms with Gasteiger partial charge in [-0.15, -0.1) is 11.3 Å². The maximum absolute atomic E-state index is 14.2. The first-order valence-corrected chi connectivity index (χ1v) is 14.4. The Kier molecular flexibility index (Phi) is 6.95. The summed E-state index contributed by atoms with van der Waals surface area (Å²) in [5.41, 5.74) is 1.30. The number of rotatable bonds is 6. The number of piperazine rings is 1. The van der Waals surface area contributed by atoms with Crippen LogP contribution >= 0.6 is 22.9 Å². The number of carbonyl (C=O) groups excluding carboxylic acids is 2. The minimum absolute atomic E-state index is 0.143. The average Bonchev–Trinajstić information content (AvgIpc) is 3.63. The summed E-state index contributed by atoms with van der Waals surface area (Å²) < 4.78 is 0.674. The van der Waals surface area contributed by atoms with Crippen LogP contribution in [0.5, 0.6) is 0 Å². The molecule has 1 aromatic heterocycles. The van der Waals surface area contributed by atoms with Gasteiger partial charge in [0.2, 0.25) is 0 Å². The van der Waals surface area contributed by atoms with Crippen LogP contribution in [-0.2, 0) is 11.3 Å². The molecule has 1 N–H and O–H groups in total. The van der Waals surface area contributed by atoms with E-state index in [1.165, 1.54) is 16.2 Å². The second-order valence-corrected chi connectivity index (χ2v) is 12.1. The zero-order valence-corrected chi connectivity index (χ0v) is 22.8. The van der Waals surface area contributed by atoms with E-state index < -0.39 is 24.1 Å². The number of carbonyl (C=O) groups is 3. The van der Waals surface area contributed by atoms with E-state index in [4.69, 9.17) is 11.6 Å². The quantitative estimate of drug-likeness (QED) is 0.395. The molecule has 3 atom stereocenters. The van der Waals surface area contributed by atoms with Gasteiger partial charge in [-0.2, -0.15) is 0 Å². The number of halogens is 1. The summed E-state index contributed by atoms with van der Waals surface area (Å²) in [5, 5.41) is 10.4. The Bertz CT molecular complexity index is 1330. The highest BCUT2D eigenvalue weighted by atomic mass is 35.5. The number of hydrogen-bond acceptors (Lipinski definition) is 4. The van der Waals surface area contributed by atoms with E-state index in [2.05, 4.69) is 0 Å². The number of carboxylic acid groups (broad SMARTS) is 1. The molecule has 2 saturated heterocycles. The van der Waals surface area contributed by atoms with Crippen LogP contribution in [0.3, 0.4) is 0 Å². The molecule has 3 aliphatic rings. The summed E-state index contributed by atoms with van der Waals surface area (Å²) in [7, 11) is 0. The SMILES string of the molecule is O=C(O)[C@@H]1[C@H]2CC[C@@H](CN1C(=O)N(c1ccccc1)c1ccccc1)N2C(=O)N(Cc1ccc(Cl)s1)C1CC1. The van der Waals surface area contributed by atoms with E-state index in [0.29, 0.717) is 35.1 Å². The average molecular weight is 565 g/mol. The van der Waals surface area contributed by atoms with Crippen LogP contribution in [0.2, 0.25) is 4.34 Å². The lowest BCUT2D eigenvalue weighted by Gasteiger charge is -2.47. The van der Waals surface area contributed by atoms with Crippen molar-refractivity contribution in [3.63, 3.8) is 0 Å². The fourth-order valence-corrected chi connectivity index (χ4v) is 6.97. The number of carboxylic acids is 1. The van der Waals surface area contributed by atoms with Gasteiger partial charge in [0.1, 0.15) is 0 Å². The highest BCUT2D eigenvalue weighted by Gasteiger charge is 2.55. The van der Waals surface area contributed by atoms with Crippen molar-refractivity contribution in [3.8, 4) is 0 Å². The first-order valence-electron chi connectivity index (χ1n) is 13.2. The number of likely N-dealkylation sites (tertiary alicyclic amines) is 1. The molecule has 0 spiro atoms. The lowest BCUT2D eigenvalue weighted by Crippen LogP contribution is -2.67. The molecule has 10 heteroatoms. The number of anilines is 2. The monoisotopic (exact) mass is 564 g/mol. The van der Waals surface area contributed by atoms with E-state index in [9.17, 15) is 19.5 Å². The molecule has 3 heterocycles. The van der Waals surface area contributed by atoms with Crippen molar-refractivity contribution < 1.29 is 19.5 Å². The summed E-state index contributed by atoms with van der Waals surface area (Å²) in [6.07, 6.45) is 3.06. The van der Waals surface area contributed by atoms with Crippen molar-refractivity contribution in [2.75, 3.05) is 11.4 Å². The minimum Gasteiger partial charge on any atom is -0.480 e. The molecule has 2 bridgehead atoms. The van der Waals surface area contributed by atoms with E-state index in [1.807, 2.05) is 77.7 Å². The summed E-state index contributed by atoms with van der Waals surface area (Å²) in [4.78, 5) is 48.5. The number of amides is 4. The predicted octanol–water partition coefficient (Wildman–Crippen LogP) is 6.05. The van der Waals surface area contributed by atoms with Crippen LogP contribution in [0.4, 0.5) is 21.0 Å². The standard InChI is InChI=1S/C29H29ClN4O4S/c30-25-16-14-23(39-25)18-31(19-11-12-19)28(37)34-22-13-15-24(34)26(27(35)36)32(17-22)29(38)33(20-7-3-1-4-8-20)21-9-5-2-6-10-21/h1-10,14,16,19,22,24,26H,11-13,15,17-18H2,(H,35,36)/t22-,24+,26-/m0/s1. The minimum atomic E-state index is -1.15. The Morgan fingerprint density at radius 1 is 0.872 bits per heavy atom. The Morgan fingerprint density at radius 2 is 1.51 bits per heavy atom. The van der Waals surface area contributed by atoms with Crippen molar-refractivity contribution in [2.45, 2.75) is 56.4 Å². The van der Waals surface area contributed by atoms with Crippen LogP contribution in [-0.4, -0.2) is 68.5 Å². The van der Waals surface area contributed by atoms with Gasteiger partial charge in [-0.25, -0.2) is 14.4 Å². The molecule has 8 nitrogen and oxygen atoms in total. The summed E-state index contributed by atoms with van der Waals surface area (Å²) in [5.74, 6) is -1.10. The zero-order valence-electron chi connectivity index (χ0n) is 21.2. The molecule has 4 amide bonds. The number of fused-ring (bicyclic) bond motifs is 2. The maximum Gasteiger partial charge on any atom is 0.329 e. The van der Waals surface area contributed by atoms with E-state index >= 15 is 0 Å². The maximum atomic E-state index is 14.2. The largest absolute Gasteiger partial charge is 0.480 e. The van der Waals surface area contributed by atoms with Gasteiger partial charge in [-0.3, -0.25) is 4.90 Å². The van der Waals surface area contributed by atoms with Gasteiger partial charge in [0.15, 0.2) is 6.04 Å². The molecule has 2 aliphatic heterocycles. The van der Waals surface area contributed by atoms with Crippen molar-refractivity contribution in [1.82, 2.24) is 14.7 Å². The summed E-state index contributed by atoms with van der Waals surface area (Å²) >= 11 is 7.59. The van der Waals surface area contributed by atoms with Gasteiger partial charge in [-0.05, 0) is 62.1 Å². The number of thiophene rings is 1. The van der Waals surface area contributed by atoms with Crippen molar-refractivity contribution in [1.29, 1.82) is 0 Å². The first-order chi connectivity index (χ1) is 18.9. The van der Waals surface area contributed by atoms with Crippen LogP contribution in [0, 0.1) is 0 Å². The molecule has 6 rings (SSSR count). The Hall–Kier alpha value is -3.56. The van der Waals surface area contributed by atoms with Gasteiger partial charge in [0, 0.05) is 17.5 Å². The molecule has 3 fully saturated rings. The third-order valence-electron chi connectivity index (χ3n) is 7.78. The Labute approximate surface area is 236 Å². The fraction of sp³-hybridized carbons (Fsp3) is 0.345. The Balaban J connectivity index is 1.30. The predicted molar refractivity (Wildman–Crippen MR) is 150 cm³/mol. The molecule has 3 aromatic rings. The number of urea groups is 2. The van der Waals surface area contributed by atoms with Crippen molar-refractivity contribution in [3.05, 3.63) is 82.0 Å². The normalized spacial score (nSPS) is 22.0. The number of nitrogens with zero attached hydrogens (tertiary/aromatic N) is 4. The molecular weight excluding hydrogens is 536 g/mol. The Morgan fingerprint density at radius 3 is 2.05 bits per heavy atom. The molecule has 0 unspecified atom stereocenters. The third kappa shape index (κ3) is 4.96. The molecule has 1 saturated carbocycles. The molecule has 0 radical (unpaired) electrons. The number of aliphatic carboxylic acids is 1. The molecular formula is C29H29ClN4O4S. The van der Waals surface area contributed by atoms with Crippen LogP contribution in [0.25, 0.3) is 0 Å². The van der Waals surface area contributed by atoms with E-state index in [1.54, 1.807) is 9.80 Å². The number of para-hydroxylation sites is 2.